The molecule has 0 radical (unpaired) electrons. The van der Waals surface area contributed by atoms with Crippen LogP contribution in [0.15, 0.2) is 23.7 Å². The van der Waals surface area contributed by atoms with Gasteiger partial charge in [0.1, 0.15) is 11.8 Å². The van der Waals surface area contributed by atoms with Crippen LogP contribution in [0.3, 0.4) is 0 Å². The van der Waals surface area contributed by atoms with Gasteiger partial charge in [-0.05, 0) is 19.1 Å². The molecule has 2 rings (SSSR count). The molecule has 0 aromatic carbocycles. The molecule has 0 saturated heterocycles. The van der Waals surface area contributed by atoms with Crippen molar-refractivity contribution >= 4 is 11.3 Å². The highest BCUT2D eigenvalue weighted by Crippen LogP contribution is 2.17. The molecular weight excluding hydrogens is 182 g/mol. The van der Waals surface area contributed by atoms with Crippen molar-refractivity contribution < 1.29 is 0 Å². The van der Waals surface area contributed by atoms with Crippen molar-refractivity contribution in [3.05, 3.63) is 35.1 Å². The minimum atomic E-state index is 0.632. The molecule has 4 heteroatoms. The number of hydrogen-bond donors (Lipinski definition) is 0. The molecule has 0 fully saturated rings. The maximum Gasteiger partial charge on any atom is 0.194 e. The lowest BCUT2D eigenvalue weighted by molar-refractivity contribution is 0.976. The lowest BCUT2D eigenvalue weighted by Crippen LogP contribution is -1.97. The molecule has 0 N–H and O–H groups in total. The number of nitriles is 1. The van der Waals surface area contributed by atoms with Crippen LogP contribution >= 0.6 is 11.3 Å². The molecule has 2 heterocycles. The third kappa shape index (κ3) is 1.23. The van der Waals surface area contributed by atoms with Crippen LogP contribution in [0.4, 0.5) is 0 Å². The minimum absolute atomic E-state index is 0.632. The van der Waals surface area contributed by atoms with E-state index in [9.17, 15) is 0 Å². The second kappa shape index (κ2) is 3.04. The van der Waals surface area contributed by atoms with Crippen LogP contribution in [-0.2, 0) is 0 Å². The van der Waals surface area contributed by atoms with E-state index in [-0.39, 0.29) is 0 Å². The Labute approximate surface area is 79.9 Å². The number of hydrogen-bond acceptors (Lipinski definition) is 3. The van der Waals surface area contributed by atoms with Gasteiger partial charge in [0, 0.05) is 17.3 Å². The summed E-state index contributed by atoms with van der Waals surface area (Å²) in [5, 5.41) is 11.6. The summed E-state index contributed by atoms with van der Waals surface area (Å²) in [6, 6.07) is 5.85. The molecule has 0 amide bonds. The van der Waals surface area contributed by atoms with Crippen molar-refractivity contribution in [2.45, 2.75) is 6.92 Å². The predicted molar refractivity (Wildman–Crippen MR) is 50.9 cm³/mol. The molecule has 0 saturated carbocycles. The van der Waals surface area contributed by atoms with Gasteiger partial charge in [-0.3, -0.25) is 4.57 Å². The Hall–Kier alpha value is -1.60. The van der Waals surface area contributed by atoms with Gasteiger partial charge in [-0.2, -0.15) is 5.26 Å². The summed E-state index contributed by atoms with van der Waals surface area (Å²) in [4.78, 5) is 4.16. The van der Waals surface area contributed by atoms with Gasteiger partial charge in [-0.25, -0.2) is 4.98 Å². The fourth-order valence-electron chi connectivity index (χ4n) is 1.21. The fraction of sp³-hybridized carbons (Fsp3) is 0.111. The first kappa shape index (κ1) is 8.02. The van der Waals surface area contributed by atoms with Crippen molar-refractivity contribution in [3.8, 4) is 11.2 Å². The Bertz CT molecular complexity index is 448. The molecule has 0 aliphatic carbocycles. The van der Waals surface area contributed by atoms with Crippen LogP contribution in [0, 0.1) is 18.3 Å². The molecule has 2 aromatic rings. The van der Waals surface area contributed by atoms with Crippen molar-refractivity contribution in [1.82, 2.24) is 9.55 Å². The standard InChI is InChI=1S/C9H7N3S/c1-7-2-3-8(6-10)12(7)9-11-4-5-13-9/h2-5H,1H3. The second-order valence-electron chi connectivity index (χ2n) is 2.62. The maximum absolute atomic E-state index is 8.84. The van der Waals surface area contributed by atoms with Crippen molar-refractivity contribution in [1.29, 1.82) is 5.26 Å². The van der Waals surface area contributed by atoms with Gasteiger partial charge in [-0.15, -0.1) is 11.3 Å². The van der Waals surface area contributed by atoms with E-state index in [4.69, 9.17) is 5.26 Å². The maximum atomic E-state index is 8.84. The van der Waals surface area contributed by atoms with Crippen LogP contribution in [0.2, 0.25) is 0 Å². The lowest BCUT2D eigenvalue weighted by atomic mass is 10.5. The normalized spacial score (nSPS) is 9.85. The molecule has 0 atom stereocenters. The number of aryl methyl sites for hydroxylation is 1. The van der Waals surface area contributed by atoms with Gasteiger partial charge in [0.15, 0.2) is 5.13 Å². The molecule has 13 heavy (non-hydrogen) atoms. The molecular formula is C9H7N3S. The summed E-state index contributed by atoms with van der Waals surface area (Å²) in [6.07, 6.45) is 1.74. The first-order valence-corrected chi connectivity index (χ1v) is 4.69. The smallest absolute Gasteiger partial charge is 0.194 e. The highest BCUT2D eigenvalue weighted by Gasteiger charge is 2.07. The number of nitrogens with zero attached hydrogens (tertiary/aromatic N) is 3. The van der Waals surface area contributed by atoms with E-state index in [1.807, 2.05) is 22.9 Å². The number of thiazole rings is 1. The summed E-state index contributed by atoms with van der Waals surface area (Å²) in [7, 11) is 0. The largest absolute Gasteiger partial charge is 0.281 e. The monoisotopic (exact) mass is 189 g/mol. The Morgan fingerprint density at radius 2 is 2.38 bits per heavy atom. The zero-order chi connectivity index (χ0) is 9.26. The van der Waals surface area contributed by atoms with Crippen molar-refractivity contribution in [2.75, 3.05) is 0 Å². The van der Waals surface area contributed by atoms with E-state index >= 15 is 0 Å². The van der Waals surface area contributed by atoms with E-state index in [0.717, 1.165) is 10.8 Å². The fourth-order valence-corrected chi connectivity index (χ4v) is 1.92. The summed E-state index contributed by atoms with van der Waals surface area (Å²) in [5.74, 6) is 0. The Morgan fingerprint density at radius 1 is 1.54 bits per heavy atom. The van der Waals surface area contributed by atoms with Crippen LogP contribution in [-0.4, -0.2) is 9.55 Å². The third-order valence-corrected chi connectivity index (χ3v) is 2.56. The molecule has 0 spiro atoms. The van der Waals surface area contributed by atoms with Gasteiger partial charge in [0.05, 0.1) is 0 Å². The molecule has 0 unspecified atom stereocenters. The summed E-state index contributed by atoms with van der Waals surface area (Å²) < 4.78 is 1.85. The van der Waals surface area contributed by atoms with E-state index in [1.165, 1.54) is 11.3 Å². The topological polar surface area (TPSA) is 41.6 Å². The van der Waals surface area contributed by atoms with E-state index in [1.54, 1.807) is 12.3 Å². The van der Waals surface area contributed by atoms with Crippen LogP contribution in [0.5, 0.6) is 0 Å². The summed E-state index contributed by atoms with van der Waals surface area (Å²) >= 11 is 1.53. The van der Waals surface area contributed by atoms with E-state index < -0.39 is 0 Å². The highest BCUT2D eigenvalue weighted by molar-refractivity contribution is 7.12. The molecule has 0 aliphatic rings. The minimum Gasteiger partial charge on any atom is -0.281 e. The van der Waals surface area contributed by atoms with E-state index in [2.05, 4.69) is 11.1 Å². The average Bonchev–Trinajstić information content (AvgIpc) is 2.72. The summed E-state index contributed by atoms with van der Waals surface area (Å²) in [6.45, 7) is 1.96. The average molecular weight is 189 g/mol. The zero-order valence-corrected chi connectivity index (χ0v) is 7.88. The van der Waals surface area contributed by atoms with E-state index in [0.29, 0.717) is 5.69 Å². The zero-order valence-electron chi connectivity index (χ0n) is 7.06. The number of rotatable bonds is 1. The van der Waals surface area contributed by atoms with Crippen molar-refractivity contribution in [2.24, 2.45) is 0 Å². The first-order chi connectivity index (χ1) is 6.33. The summed E-state index contributed by atoms with van der Waals surface area (Å²) in [5.41, 5.74) is 1.67. The molecule has 2 aromatic heterocycles. The van der Waals surface area contributed by atoms with Gasteiger partial charge >= 0.3 is 0 Å². The highest BCUT2D eigenvalue weighted by atomic mass is 32.1. The molecule has 0 aliphatic heterocycles. The second-order valence-corrected chi connectivity index (χ2v) is 3.49. The molecule has 64 valence electrons. The lowest BCUT2D eigenvalue weighted by Gasteiger charge is -2.01. The molecule has 0 bridgehead atoms. The van der Waals surface area contributed by atoms with Crippen LogP contribution in [0.25, 0.3) is 5.13 Å². The van der Waals surface area contributed by atoms with Gasteiger partial charge in [0.2, 0.25) is 0 Å². The molecule has 3 nitrogen and oxygen atoms in total. The first-order valence-electron chi connectivity index (χ1n) is 3.81. The van der Waals surface area contributed by atoms with Gasteiger partial charge in [0.25, 0.3) is 0 Å². The Kier molecular flexibility index (Phi) is 1.87. The SMILES string of the molecule is Cc1ccc(C#N)n1-c1nccs1. The number of aromatic nitrogens is 2. The van der Waals surface area contributed by atoms with Crippen molar-refractivity contribution in [3.63, 3.8) is 0 Å². The quantitative estimate of drug-likeness (QED) is 0.689. The van der Waals surface area contributed by atoms with Gasteiger partial charge in [-0.1, -0.05) is 0 Å². The third-order valence-electron chi connectivity index (χ3n) is 1.80. The van der Waals surface area contributed by atoms with Gasteiger partial charge < -0.3 is 0 Å². The van der Waals surface area contributed by atoms with Crippen LogP contribution < -0.4 is 0 Å². The predicted octanol–water partition coefficient (Wildman–Crippen LogP) is 2.11. The van der Waals surface area contributed by atoms with Crippen LogP contribution in [0.1, 0.15) is 11.4 Å². The Morgan fingerprint density at radius 3 is 3.00 bits per heavy atom. The Balaban J connectivity index is 2.64.